The van der Waals surface area contributed by atoms with Gasteiger partial charge >= 0.3 is 0 Å². The summed E-state index contributed by atoms with van der Waals surface area (Å²) >= 11 is 0. The Balaban J connectivity index is 1.59. The van der Waals surface area contributed by atoms with Gasteiger partial charge in [0.1, 0.15) is 23.6 Å². The lowest BCUT2D eigenvalue weighted by Crippen LogP contribution is -2.48. The van der Waals surface area contributed by atoms with Crippen LogP contribution in [-0.4, -0.2) is 73.9 Å². The largest absolute Gasteiger partial charge is 0.467 e. The van der Waals surface area contributed by atoms with Gasteiger partial charge < -0.3 is 23.7 Å². The zero-order valence-electron chi connectivity index (χ0n) is 20.1. The number of carbonyl (C=O) groups is 2. The normalized spacial score (nSPS) is 17.1. The number of amides is 2. The molecular formula is C24H30N6O4. The van der Waals surface area contributed by atoms with Crippen molar-refractivity contribution in [2.75, 3.05) is 33.2 Å². The fourth-order valence-corrected chi connectivity index (χ4v) is 4.56. The van der Waals surface area contributed by atoms with E-state index in [0.717, 1.165) is 18.8 Å². The maximum Gasteiger partial charge on any atom is 0.280 e. The third-order valence-electron chi connectivity index (χ3n) is 6.66. The summed E-state index contributed by atoms with van der Waals surface area (Å²) in [6, 6.07) is 5.38. The van der Waals surface area contributed by atoms with Gasteiger partial charge in [-0.05, 0) is 19.2 Å². The molecule has 0 unspecified atom stereocenters. The van der Waals surface area contributed by atoms with Crippen molar-refractivity contribution < 1.29 is 14.0 Å². The molecule has 0 aromatic carbocycles. The number of piperazine rings is 1. The molecule has 5 rings (SSSR count). The van der Waals surface area contributed by atoms with Crippen molar-refractivity contribution in [3.63, 3.8) is 0 Å². The highest BCUT2D eigenvalue weighted by Crippen LogP contribution is 2.27. The monoisotopic (exact) mass is 466 g/mol. The average Bonchev–Trinajstić information content (AvgIpc) is 3.52. The first-order valence-corrected chi connectivity index (χ1v) is 11.6. The molecule has 3 aromatic rings. The lowest BCUT2D eigenvalue weighted by molar-refractivity contribution is -0.133. The highest BCUT2D eigenvalue weighted by atomic mass is 16.3. The minimum absolute atomic E-state index is 0.0224. The Kier molecular flexibility index (Phi) is 5.35. The maximum atomic E-state index is 13.5. The Morgan fingerprint density at radius 2 is 1.88 bits per heavy atom. The first-order chi connectivity index (χ1) is 16.1. The highest BCUT2D eigenvalue weighted by molar-refractivity contribution is 5.97. The van der Waals surface area contributed by atoms with Crippen molar-refractivity contribution in [3.05, 3.63) is 57.5 Å². The molecule has 2 aliphatic rings. The predicted molar refractivity (Wildman–Crippen MR) is 125 cm³/mol. The van der Waals surface area contributed by atoms with E-state index in [1.807, 2.05) is 38.8 Å². The highest BCUT2D eigenvalue weighted by Gasteiger charge is 2.36. The number of furan rings is 1. The lowest BCUT2D eigenvalue weighted by Gasteiger charge is -2.32. The Morgan fingerprint density at radius 1 is 1.15 bits per heavy atom. The smallest absolute Gasteiger partial charge is 0.280 e. The van der Waals surface area contributed by atoms with Gasteiger partial charge in [0.2, 0.25) is 5.91 Å². The minimum Gasteiger partial charge on any atom is -0.467 e. The summed E-state index contributed by atoms with van der Waals surface area (Å²) in [4.78, 5) is 45.8. The number of nitrogens with zero attached hydrogens (tertiary/aromatic N) is 6. The topological polar surface area (TPSA) is 96.3 Å². The van der Waals surface area contributed by atoms with E-state index in [1.54, 1.807) is 27.9 Å². The average molecular weight is 467 g/mol. The standard InChI is InChI=1S/C24H30N6O4/c1-24(2,3)18-12-19-29(15-20(31)27-9-7-26(4)8-10-27)21-17(22(32)30(19)25-18)14-28(23(21)33)13-16-6-5-11-34-16/h5-6,11-12H,7-10,13-15H2,1-4H3. The molecular weight excluding hydrogens is 436 g/mol. The quantitative estimate of drug-likeness (QED) is 0.575. The van der Waals surface area contributed by atoms with Crippen molar-refractivity contribution in [2.24, 2.45) is 0 Å². The van der Waals surface area contributed by atoms with Crippen LogP contribution >= 0.6 is 0 Å². The van der Waals surface area contributed by atoms with E-state index < -0.39 is 0 Å². The summed E-state index contributed by atoms with van der Waals surface area (Å²) < 4.78 is 8.44. The van der Waals surface area contributed by atoms with Gasteiger partial charge in [-0.3, -0.25) is 14.4 Å². The van der Waals surface area contributed by atoms with Gasteiger partial charge in [0.15, 0.2) is 0 Å². The molecule has 3 aromatic heterocycles. The molecule has 0 N–H and O–H groups in total. The molecule has 0 bridgehead atoms. The van der Waals surface area contributed by atoms with Crippen LogP contribution in [0.15, 0.2) is 33.7 Å². The van der Waals surface area contributed by atoms with Gasteiger partial charge in [-0.15, -0.1) is 0 Å². The molecule has 0 radical (unpaired) electrons. The third-order valence-corrected chi connectivity index (χ3v) is 6.66. The van der Waals surface area contributed by atoms with Gasteiger partial charge in [0, 0.05) is 37.7 Å². The number of aromatic nitrogens is 3. The Bertz CT molecular complexity index is 1310. The summed E-state index contributed by atoms with van der Waals surface area (Å²) in [6.07, 6.45) is 1.55. The summed E-state index contributed by atoms with van der Waals surface area (Å²) in [5.74, 6) is 0.279. The first kappa shape index (κ1) is 22.4. The zero-order chi connectivity index (χ0) is 24.2. The van der Waals surface area contributed by atoms with E-state index in [0.29, 0.717) is 30.1 Å². The fourth-order valence-electron chi connectivity index (χ4n) is 4.56. The second kappa shape index (κ2) is 8.12. The van der Waals surface area contributed by atoms with Crippen LogP contribution in [-0.2, 0) is 29.8 Å². The molecule has 0 aliphatic carbocycles. The van der Waals surface area contributed by atoms with Crippen LogP contribution < -0.4 is 5.56 Å². The number of fused-ring (bicyclic) bond motifs is 2. The molecule has 2 amide bonds. The summed E-state index contributed by atoms with van der Waals surface area (Å²) in [6.45, 7) is 9.32. The van der Waals surface area contributed by atoms with Crippen molar-refractivity contribution >= 4 is 17.5 Å². The number of hydrogen-bond acceptors (Lipinski definition) is 6. The first-order valence-electron chi connectivity index (χ1n) is 11.6. The van der Waals surface area contributed by atoms with Gasteiger partial charge in [0.05, 0.1) is 30.6 Å². The van der Waals surface area contributed by atoms with Crippen LogP contribution in [0.5, 0.6) is 0 Å². The summed E-state index contributed by atoms with van der Waals surface area (Å²) in [5.41, 5.74) is 1.21. The van der Waals surface area contributed by atoms with E-state index in [2.05, 4.69) is 10.00 Å². The molecule has 34 heavy (non-hydrogen) atoms. The van der Waals surface area contributed by atoms with E-state index in [-0.39, 0.29) is 48.1 Å². The molecule has 10 heteroatoms. The third kappa shape index (κ3) is 3.81. The van der Waals surface area contributed by atoms with E-state index in [9.17, 15) is 14.4 Å². The van der Waals surface area contributed by atoms with Crippen molar-refractivity contribution in [2.45, 2.75) is 45.8 Å². The van der Waals surface area contributed by atoms with Crippen LogP contribution in [0.25, 0.3) is 5.65 Å². The molecule has 1 fully saturated rings. The minimum atomic E-state index is -0.320. The summed E-state index contributed by atoms with van der Waals surface area (Å²) in [5, 5.41) is 4.58. The molecule has 10 nitrogen and oxygen atoms in total. The van der Waals surface area contributed by atoms with Crippen LogP contribution in [0.2, 0.25) is 0 Å². The van der Waals surface area contributed by atoms with Crippen molar-refractivity contribution in [3.8, 4) is 0 Å². The van der Waals surface area contributed by atoms with Crippen LogP contribution in [0, 0.1) is 0 Å². The number of carbonyl (C=O) groups excluding carboxylic acids is 2. The molecule has 2 aliphatic heterocycles. The van der Waals surface area contributed by atoms with Crippen molar-refractivity contribution in [1.29, 1.82) is 0 Å². The summed E-state index contributed by atoms with van der Waals surface area (Å²) in [7, 11) is 2.03. The van der Waals surface area contributed by atoms with Crippen LogP contribution in [0.4, 0.5) is 0 Å². The Labute approximate surface area is 197 Å². The number of hydrogen-bond donors (Lipinski definition) is 0. The van der Waals surface area contributed by atoms with E-state index in [4.69, 9.17) is 4.42 Å². The number of likely N-dealkylation sites (N-methyl/N-ethyl adjacent to an activating group) is 1. The lowest BCUT2D eigenvalue weighted by atomic mass is 9.93. The van der Waals surface area contributed by atoms with Crippen molar-refractivity contribution in [1.82, 2.24) is 28.9 Å². The van der Waals surface area contributed by atoms with Gasteiger partial charge in [0.25, 0.3) is 11.5 Å². The maximum absolute atomic E-state index is 13.5. The van der Waals surface area contributed by atoms with Crippen LogP contribution in [0.1, 0.15) is 48.3 Å². The Morgan fingerprint density at radius 3 is 2.53 bits per heavy atom. The predicted octanol–water partition coefficient (Wildman–Crippen LogP) is 1.32. The van der Waals surface area contributed by atoms with E-state index >= 15 is 0 Å². The molecule has 1 saturated heterocycles. The zero-order valence-corrected chi connectivity index (χ0v) is 20.1. The van der Waals surface area contributed by atoms with Crippen LogP contribution in [0.3, 0.4) is 0 Å². The molecule has 0 atom stereocenters. The fraction of sp³-hybridized carbons (Fsp3) is 0.500. The Hall–Kier alpha value is -3.40. The molecule has 0 saturated carbocycles. The molecule has 180 valence electrons. The second-order valence-corrected chi connectivity index (χ2v) is 10.2. The van der Waals surface area contributed by atoms with Gasteiger partial charge in [-0.25, -0.2) is 0 Å². The molecule has 5 heterocycles. The SMILES string of the molecule is CN1CCN(C(=O)Cn2c3c(c(=O)n4nc(C(C)(C)C)cc24)CN(Cc2ccco2)C3=O)CC1. The second-order valence-electron chi connectivity index (χ2n) is 10.2. The number of rotatable bonds is 4. The van der Waals surface area contributed by atoms with Gasteiger partial charge in [-0.1, -0.05) is 20.8 Å². The van der Waals surface area contributed by atoms with Gasteiger partial charge in [-0.2, -0.15) is 9.61 Å². The van der Waals surface area contributed by atoms with E-state index in [1.165, 1.54) is 4.52 Å². The molecule has 0 spiro atoms.